The molecule has 0 aliphatic rings. The van der Waals surface area contributed by atoms with Gasteiger partial charge in [0.05, 0.1) is 14.2 Å². The summed E-state index contributed by atoms with van der Waals surface area (Å²) < 4.78 is 23.2. The second kappa shape index (κ2) is 6.80. The zero-order chi connectivity index (χ0) is 16.1. The quantitative estimate of drug-likeness (QED) is 0.605. The van der Waals surface area contributed by atoms with Gasteiger partial charge in [0, 0.05) is 5.56 Å². The van der Waals surface area contributed by atoms with E-state index in [1.165, 1.54) is 32.4 Å². The van der Waals surface area contributed by atoms with E-state index in [0.717, 1.165) is 12.1 Å². The first-order valence-electron chi connectivity index (χ1n) is 6.45. The van der Waals surface area contributed by atoms with Crippen molar-refractivity contribution in [1.82, 2.24) is 0 Å². The molecule has 0 amide bonds. The fourth-order valence-corrected chi connectivity index (χ4v) is 2.06. The molecule has 0 fully saturated rings. The molecule has 22 heavy (non-hydrogen) atoms. The number of methoxy groups -OCH3 is 2. The minimum atomic E-state index is -1.23. The molecule has 2 aromatic rings. The molecule has 0 aliphatic heterocycles. The molecule has 2 aromatic carbocycles. The molecule has 6 heteroatoms. The van der Waals surface area contributed by atoms with Crippen molar-refractivity contribution in [3.63, 3.8) is 0 Å². The van der Waals surface area contributed by atoms with Crippen LogP contribution in [-0.4, -0.2) is 20.0 Å². The van der Waals surface area contributed by atoms with Gasteiger partial charge in [0.25, 0.3) is 0 Å². The zero-order valence-electron chi connectivity index (χ0n) is 12.1. The van der Waals surface area contributed by atoms with Crippen molar-refractivity contribution in [2.24, 2.45) is 5.18 Å². The van der Waals surface area contributed by atoms with Crippen LogP contribution >= 0.6 is 0 Å². The molecule has 0 aliphatic carbocycles. The Hall–Kier alpha value is -2.76. The Bertz CT molecular complexity index is 685. The molecular weight excluding hydrogens is 289 g/mol. The Morgan fingerprint density at radius 3 is 2.23 bits per heavy atom. The molecule has 0 heterocycles. The molecule has 0 saturated carbocycles. The molecule has 114 valence electrons. The summed E-state index contributed by atoms with van der Waals surface area (Å²) in [6.07, 6.45) is 0. The number of Topliss-reactive ketones (excluding diaryl/α,β-unsaturated/α-hetero) is 1. The number of nitroso groups, excluding NO2 is 1. The second-order valence-corrected chi connectivity index (χ2v) is 4.49. The van der Waals surface area contributed by atoms with Gasteiger partial charge in [-0.2, -0.15) is 0 Å². The monoisotopic (exact) mass is 303 g/mol. The lowest BCUT2D eigenvalue weighted by Gasteiger charge is -2.12. The van der Waals surface area contributed by atoms with Crippen LogP contribution in [0.4, 0.5) is 4.39 Å². The number of nitrogens with zero attached hydrogens (tertiary/aromatic N) is 1. The minimum absolute atomic E-state index is 0.209. The first-order valence-corrected chi connectivity index (χ1v) is 6.45. The molecule has 1 atom stereocenters. The standard InChI is InChI=1S/C16H14FNO4/c1-21-13-8-5-11(9-14(13)22-2)15(18-20)16(19)10-3-6-12(17)7-4-10/h3-9,15H,1-2H3. The van der Waals surface area contributed by atoms with Crippen LogP contribution in [0.25, 0.3) is 0 Å². The smallest absolute Gasteiger partial charge is 0.195 e. The lowest BCUT2D eigenvalue weighted by Crippen LogP contribution is -2.11. The largest absolute Gasteiger partial charge is 0.493 e. The van der Waals surface area contributed by atoms with E-state index in [2.05, 4.69) is 5.18 Å². The lowest BCUT2D eigenvalue weighted by atomic mass is 9.98. The first-order chi connectivity index (χ1) is 10.6. The van der Waals surface area contributed by atoms with Crippen LogP contribution in [0, 0.1) is 10.7 Å². The third kappa shape index (κ3) is 3.11. The van der Waals surface area contributed by atoms with Gasteiger partial charge in [-0.05, 0) is 42.0 Å². The van der Waals surface area contributed by atoms with Gasteiger partial charge in [0.15, 0.2) is 23.3 Å². The molecule has 5 nitrogen and oxygen atoms in total. The van der Waals surface area contributed by atoms with Crippen molar-refractivity contribution in [1.29, 1.82) is 0 Å². The summed E-state index contributed by atoms with van der Waals surface area (Å²) >= 11 is 0. The summed E-state index contributed by atoms with van der Waals surface area (Å²) in [4.78, 5) is 23.5. The molecule has 0 saturated heterocycles. The van der Waals surface area contributed by atoms with Crippen molar-refractivity contribution in [2.45, 2.75) is 6.04 Å². The second-order valence-electron chi connectivity index (χ2n) is 4.49. The van der Waals surface area contributed by atoms with E-state index in [1.807, 2.05) is 0 Å². The molecule has 2 rings (SSSR count). The number of hydrogen-bond donors (Lipinski definition) is 0. The lowest BCUT2D eigenvalue weighted by molar-refractivity contribution is 0.0961. The zero-order valence-corrected chi connectivity index (χ0v) is 12.1. The van der Waals surface area contributed by atoms with Crippen molar-refractivity contribution in [2.75, 3.05) is 14.2 Å². The van der Waals surface area contributed by atoms with Gasteiger partial charge in [0.1, 0.15) is 5.82 Å². The third-order valence-electron chi connectivity index (χ3n) is 3.21. The highest BCUT2D eigenvalue weighted by Crippen LogP contribution is 2.32. The van der Waals surface area contributed by atoms with Gasteiger partial charge in [-0.1, -0.05) is 11.2 Å². The maximum absolute atomic E-state index is 12.9. The highest BCUT2D eigenvalue weighted by atomic mass is 19.1. The fourth-order valence-electron chi connectivity index (χ4n) is 2.06. The van der Waals surface area contributed by atoms with Crippen LogP contribution in [0.3, 0.4) is 0 Å². The number of carbonyl (C=O) groups is 1. The Morgan fingerprint density at radius 1 is 1.05 bits per heavy atom. The van der Waals surface area contributed by atoms with Gasteiger partial charge in [-0.3, -0.25) is 4.79 Å². The Kier molecular flexibility index (Phi) is 4.83. The van der Waals surface area contributed by atoms with E-state index in [-0.39, 0.29) is 5.56 Å². The number of rotatable bonds is 6. The average Bonchev–Trinajstić information content (AvgIpc) is 2.55. The summed E-state index contributed by atoms with van der Waals surface area (Å²) in [7, 11) is 2.93. The molecule has 1 unspecified atom stereocenters. The van der Waals surface area contributed by atoms with E-state index in [0.29, 0.717) is 17.1 Å². The van der Waals surface area contributed by atoms with E-state index >= 15 is 0 Å². The third-order valence-corrected chi connectivity index (χ3v) is 3.21. The number of ketones is 1. The van der Waals surface area contributed by atoms with Crippen LogP contribution in [0.15, 0.2) is 47.6 Å². The predicted octanol–water partition coefficient (Wildman–Crippen LogP) is 3.53. The summed E-state index contributed by atoms with van der Waals surface area (Å²) in [6.45, 7) is 0. The molecule has 0 spiro atoms. The number of carbonyl (C=O) groups excluding carboxylic acids is 1. The number of benzene rings is 2. The van der Waals surface area contributed by atoms with Gasteiger partial charge in [0.2, 0.25) is 0 Å². The van der Waals surface area contributed by atoms with E-state index in [1.54, 1.807) is 12.1 Å². The summed E-state index contributed by atoms with van der Waals surface area (Å²) in [5.74, 6) is -0.105. The number of hydrogen-bond acceptors (Lipinski definition) is 5. The van der Waals surface area contributed by atoms with Crippen LogP contribution in [-0.2, 0) is 0 Å². The highest BCUT2D eigenvalue weighted by molar-refractivity contribution is 6.00. The SMILES string of the molecule is COc1ccc(C(N=O)C(=O)c2ccc(F)cc2)cc1OC. The van der Waals surface area contributed by atoms with Crippen LogP contribution in [0.5, 0.6) is 11.5 Å². The highest BCUT2D eigenvalue weighted by Gasteiger charge is 2.24. The molecule has 0 N–H and O–H groups in total. The van der Waals surface area contributed by atoms with Crippen molar-refractivity contribution in [3.05, 3.63) is 64.3 Å². The van der Waals surface area contributed by atoms with E-state index in [4.69, 9.17) is 9.47 Å². The molecule has 0 radical (unpaired) electrons. The first kappa shape index (κ1) is 15.6. The topological polar surface area (TPSA) is 65.0 Å². The Balaban J connectivity index is 2.37. The molecule has 0 aromatic heterocycles. The van der Waals surface area contributed by atoms with Gasteiger partial charge in [-0.15, -0.1) is 4.91 Å². The summed E-state index contributed by atoms with van der Waals surface area (Å²) in [5, 5.41) is 2.90. The van der Waals surface area contributed by atoms with Crippen molar-refractivity contribution in [3.8, 4) is 11.5 Å². The summed E-state index contributed by atoms with van der Waals surface area (Å²) in [6, 6.07) is 8.39. The average molecular weight is 303 g/mol. The number of halogens is 1. The Morgan fingerprint density at radius 2 is 1.68 bits per heavy atom. The normalized spacial score (nSPS) is 11.6. The van der Waals surface area contributed by atoms with Crippen LogP contribution < -0.4 is 9.47 Å². The van der Waals surface area contributed by atoms with E-state index < -0.39 is 17.6 Å². The van der Waals surface area contributed by atoms with Gasteiger partial charge < -0.3 is 9.47 Å². The van der Waals surface area contributed by atoms with Crippen LogP contribution in [0.1, 0.15) is 22.0 Å². The van der Waals surface area contributed by atoms with Gasteiger partial charge >= 0.3 is 0 Å². The maximum atomic E-state index is 12.9. The molecular formula is C16H14FNO4. The minimum Gasteiger partial charge on any atom is -0.493 e. The molecule has 0 bridgehead atoms. The number of ether oxygens (including phenoxy) is 2. The fraction of sp³-hybridized carbons (Fsp3) is 0.188. The van der Waals surface area contributed by atoms with Crippen molar-refractivity contribution >= 4 is 5.78 Å². The Labute approximate surface area is 126 Å². The summed E-state index contributed by atoms with van der Waals surface area (Å²) in [5.41, 5.74) is 0.586. The van der Waals surface area contributed by atoms with Crippen molar-refractivity contribution < 1.29 is 18.7 Å². The van der Waals surface area contributed by atoms with Crippen LogP contribution in [0.2, 0.25) is 0 Å². The predicted molar refractivity (Wildman–Crippen MR) is 78.8 cm³/mol. The maximum Gasteiger partial charge on any atom is 0.195 e. The van der Waals surface area contributed by atoms with E-state index in [9.17, 15) is 14.1 Å². The van der Waals surface area contributed by atoms with Gasteiger partial charge in [-0.25, -0.2) is 4.39 Å².